The molecule has 1 saturated heterocycles. The van der Waals surface area contributed by atoms with Gasteiger partial charge in [-0.1, -0.05) is 0 Å². The molecule has 1 rings (SSSR count). The van der Waals surface area contributed by atoms with Crippen LogP contribution in [-0.4, -0.2) is 53.0 Å². The zero-order chi connectivity index (χ0) is 10.7. The van der Waals surface area contributed by atoms with E-state index in [9.17, 15) is 9.59 Å². The van der Waals surface area contributed by atoms with Gasteiger partial charge in [-0.2, -0.15) is 12.6 Å². The Morgan fingerprint density at radius 2 is 1.57 bits per heavy atom. The highest BCUT2D eigenvalue weighted by Crippen LogP contribution is 2.06. The Morgan fingerprint density at radius 1 is 1.14 bits per heavy atom. The number of hydrogen-bond donors (Lipinski definition) is 1. The summed E-state index contributed by atoms with van der Waals surface area (Å²) in [6.45, 7) is 5.86. The number of thiol groups is 1. The molecular weight excluding hydrogens is 200 g/mol. The molecule has 2 amide bonds. The highest BCUT2D eigenvalue weighted by Gasteiger charge is 2.23. The quantitative estimate of drug-likeness (QED) is 0.627. The minimum Gasteiger partial charge on any atom is -0.339 e. The summed E-state index contributed by atoms with van der Waals surface area (Å²) in [5, 5.41) is -0.251. The number of amides is 2. The Morgan fingerprint density at radius 3 is 1.93 bits per heavy atom. The molecule has 0 bridgehead atoms. The summed E-state index contributed by atoms with van der Waals surface area (Å²) in [6, 6.07) is 0. The van der Waals surface area contributed by atoms with Crippen LogP contribution in [0.15, 0.2) is 0 Å². The first-order valence-electron chi connectivity index (χ1n) is 4.74. The molecule has 0 aromatic carbocycles. The standard InChI is InChI=1S/C9H16N2O2S/c1-7(14)9(13)11-5-3-10(4-6-11)8(2)12/h7,14H,3-6H2,1-2H3. The van der Waals surface area contributed by atoms with Gasteiger partial charge in [-0.15, -0.1) is 0 Å². The van der Waals surface area contributed by atoms with Crippen LogP contribution in [-0.2, 0) is 9.59 Å². The third-order valence-corrected chi connectivity index (χ3v) is 2.61. The second kappa shape index (κ2) is 4.68. The van der Waals surface area contributed by atoms with E-state index in [1.165, 1.54) is 0 Å². The summed E-state index contributed by atoms with van der Waals surface area (Å²) in [5.41, 5.74) is 0. The fraction of sp³-hybridized carbons (Fsp3) is 0.778. The molecule has 1 aliphatic rings. The molecule has 0 aliphatic carbocycles. The summed E-state index contributed by atoms with van der Waals surface area (Å²) in [4.78, 5) is 26.1. The van der Waals surface area contributed by atoms with Crippen LogP contribution in [0.4, 0.5) is 0 Å². The minimum absolute atomic E-state index is 0.0523. The van der Waals surface area contributed by atoms with E-state index in [0.717, 1.165) is 0 Å². The predicted molar refractivity (Wildman–Crippen MR) is 57.3 cm³/mol. The van der Waals surface area contributed by atoms with Gasteiger partial charge in [0.1, 0.15) is 0 Å². The van der Waals surface area contributed by atoms with Gasteiger partial charge in [-0.05, 0) is 6.92 Å². The molecular formula is C9H16N2O2S. The monoisotopic (exact) mass is 216 g/mol. The molecule has 4 nitrogen and oxygen atoms in total. The van der Waals surface area contributed by atoms with Gasteiger partial charge in [0.15, 0.2) is 0 Å². The van der Waals surface area contributed by atoms with E-state index >= 15 is 0 Å². The summed E-state index contributed by atoms with van der Waals surface area (Å²) in [7, 11) is 0. The number of carbonyl (C=O) groups excluding carboxylic acids is 2. The number of hydrogen-bond acceptors (Lipinski definition) is 3. The highest BCUT2D eigenvalue weighted by atomic mass is 32.1. The number of rotatable bonds is 1. The van der Waals surface area contributed by atoms with Crippen molar-refractivity contribution < 1.29 is 9.59 Å². The highest BCUT2D eigenvalue weighted by molar-refractivity contribution is 7.81. The molecule has 0 radical (unpaired) electrons. The van der Waals surface area contributed by atoms with Crippen LogP contribution in [0.5, 0.6) is 0 Å². The number of nitrogens with zero attached hydrogens (tertiary/aromatic N) is 2. The molecule has 0 N–H and O–H groups in total. The predicted octanol–water partition coefficient (Wildman–Crippen LogP) is -0.00460. The van der Waals surface area contributed by atoms with Crippen LogP contribution < -0.4 is 0 Å². The lowest BCUT2D eigenvalue weighted by Crippen LogP contribution is -2.51. The first-order chi connectivity index (χ1) is 6.52. The van der Waals surface area contributed by atoms with Gasteiger partial charge >= 0.3 is 0 Å². The smallest absolute Gasteiger partial charge is 0.235 e. The minimum atomic E-state index is -0.251. The van der Waals surface area contributed by atoms with Crippen molar-refractivity contribution in [1.82, 2.24) is 9.80 Å². The molecule has 5 heteroatoms. The maximum Gasteiger partial charge on any atom is 0.235 e. The first kappa shape index (κ1) is 11.4. The van der Waals surface area contributed by atoms with Gasteiger partial charge in [-0.3, -0.25) is 9.59 Å². The van der Waals surface area contributed by atoms with Gasteiger partial charge in [0.05, 0.1) is 5.25 Å². The van der Waals surface area contributed by atoms with E-state index in [-0.39, 0.29) is 17.1 Å². The summed E-state index contributed by atoms with van der Waals surface area (Å²) in [6.07, 6.45) is 0. The van der Waals surface area contributed by atoms with E-state index in [4.69, 9.17) is 0 Å². The van der Waals surface area contributed by atoms with Gasteiger partial charge in [-0.25, -0.2) is 0 Å². The van der Waals surface area contributed by atoms with Crippen molar-refractivity contribution in [2.24, 2.45) is 0 Å². The SMILES string of the molecule is CC(=O)N1CCN(C(=O)C(C)S)CC1. The Hall–Kier alpha value is -0.710. The maximum atomic E-state index is 11.5. The fourth-order valence-corrected chi connectivity index (χ4v) is 1.67. The lowest BCUT2D eigenvalue weighted by atomic mass is 10.3. The molecule has 1 unspecified atom stereocenters. The van der Waals surface area contributed by atoms with E-state index in [1.807, 2.05) is 0 Å². The lowest BCUT2D eigenvalue weighted by molar-refractivity contribution is -0.137. The fourth-order valence-electron chi connectivity index (χ4n) is 1.51. The topological polar surface area (TPSA) is 40.6 Å². The Bertz CT molecular complexity index is 235. The Kier molecular flexibility index (Phi) is 3.80. The summed E-state index contributed by atoms with van der Waals surface area (Å²) < 4.78 is 0. The lowest BCUT2D eigenvalue weighted by Gasteiger charge is -2.34. The van der Waals surface area contributed by atoms with Crippen LogP contribution in [0.25, 0.3) is 0 Å². The van der Waals surface area contributed by atoms with Crippen molar-refractivity contribution in [1.29, 1.82) is 0 Å². The van der Waals surface area contributed by atoms with Crippen LogP contribution >= 0.6 is 12.6 Å². The van der Waals surface area contributed by atoms with Crippen LogP contribution in [0.1, 0.15) is 13.8 Å². The summed E-state index contributed by atoms with van der Waals surface area (Å²) >= 11 is 4.09. The Labute approximate surface area is 89.7 Å². The molecule has 14 heavy (non-hydrogen) atoms. The summed E-state index contributed by atoms with van der Waals surface area (Å²) in [5.74, 6) is 0.132. The molecule has 80 valence electrons. The molecule has 0 aromatic heterocycles. The zero-order valence-electron chi connectivity index (χ0n) is 8.56. The van der Waals surface area contributed by atoms with E-state index < -0.39 is 0 Å². The molecule has 0 aromatic rings. The van der Waals surface area contributed by atoms with Crippen LogP contribution in [0, 0.1) is 0 Å². The maximum absolute atomic E-state index is 11.5. The number of carbonyl (C=O) groups is 2. The van der Waals surface area contributed by atoms with Gasteiger partial charge in [0, 0.05) is 33.1 Å². The number of piperazine rings is 1. The normalized spacial score (nSPS) is 19.4. The van der Waals surface area contributed by atoms with Crippen LogP contribution in [0.3, 0.4) is 0 Å². The second-order valence-corrected chi connectivity index (χ2v) is 4.28. The average molecular weight is 216 g/mol. The van der Waals surface area contributed by atoms with Crippen molar-refractivity contribution in [2.75, 3.05) is 26.2 Å². The average Bonchev–Trinajstić information content (AvgIpc) is 2.16. The van der Waals surface area contributed by atoms with Gasteiger partial charge in [0.25, 0.3) is 0 Å². The Balaban J connectivity index is 2.43. The van der Waals surface area contributed by atoms with Crippen molar-refractivity contribution in [3.8, 4) is 0 Å². The van der Waals surface area contributed by atoms with Gasteiger partial charge in [0.2, 0.25) is 11.8 Å². The van der Waals surface area contributed by atoms with E-state index in [1.54, 1.807) is 23.6 Å². The van der Waals surface area contributed by atoms with Crippen LogP contribution in [0.2, 0.25) is 0 Å². The second-order valence-electron chi connectivity index (χ2n) is 3.51. The van der Waals surface area contributed by atoms with Crippen molar-refractivity contribution in [2.45, 2.75) is 19.1 Å². The molecule has 1 heterocycles. The molecule has 1 fully saturated rings. The molecule has 1 aliphatic heterocycles. The van der Waals surface area contributed by atoms with Crippen molar-refractivity contribution >= 4 is 24.4 Å². The van der Waals surface area contributed by atoms with Crippen molar-refractivity contribution in [3.05, 3.63) is 0 Å². The zero-order valence-corrected chi connectivity index (χ0v) is 9.46. The largest absolute Gasteiger partial charge is 0.339 e. The van der Waals surface area contributed by atoms with E-state index in [2.05, 4.69) is 12.6 Å². The van der Waals surface area contributed by atoms with Crippen molar-refractivity contribution in [3.63, 3.8) is 0 Å². The van der Waals surface area contributed by atoms with E-state index in [0.29, 0.717) is 26.2 Å². The first-order valence-corrected chi connectivity index (χ1v) is 5.26. The van der Waals surface area contributed by atoms with Gasteiger partial charge < -0.3 is 9.80 Å². The third-order valence-electron chi connectivity index (χ3n) is 2.39. The molecule has 1 atom stereocenters. The molecule has 0 saturated carbocycles. The third kappa shape index (κ3) is 2.64. The molecule has 0 spiro atoms.